The number of hydrogen-bond acceptors (Lipinski definition) is 5. The molecule has 28 heavy (non-hydrogen) atoms. The van der Waals surface area contributed by atoms with Gasteiger partial charge in [-0.1, -0.05) is 13.8 Å². The van der Waals surface area contributed by atoms with E-state index in [0.29, 0.717) is 31.5 Å². The summed E-state index contributed by atoms with van der Waals surface area (Å²) in [5.41, 5.74) is 6.70. The Labute approximate surface area is 169 Å². The van der Waals surface area contributed by atoms with Crippen LogP contribution in [0.3, 0.4) is 0 Å². The first kappa shape index (κ1) is 22.6. The van der Waals surface area contributed by atoms with Gasteiger partial charge in [0.1, 0.15) is 5.78 Å². The fraction of sp³-hybridized carbons (Fsp3) is 0.762. The van der Waals surface area contributed by atoms with Crippen LogP contribution in [0.1, 0.15) is 64.5 Å². The SMILES string of the molecule is CC.CC(=O)CN1CCC(CC(=O)N2CCC(n3cc(CN)cn3)CC2)CC1. The van der Waals surface area contributed by atoms with Gasteiger partial charge >= 0.3 is 0 Å². The second kappa shape index (κ2) is 11.3. The Morgan fingerprint density at radius 2 is 1.75 bits per heavy atom. The molecular formula is C21H37N5O2. The number of carbonyl (C=O) groups excluding carboxylic acids is 2. The summed E-state index contributed by atoms with van der Waals surface area (Å²) in [6, 6.07) is 0.370. The highest BCUT2D eigenvalue weighted by Gasteiger charge is 2.27. The van der Waals surface area contributed by atoms with E-state index in [4.69, 9.17) is 5.73 Å². The Balaban J connectivity index is 0.00000136. The maximum absolute atomic E-state index is 12.6. The van der Waals surface area contributed by atoms with Gasteiger partial charge in [0, 0.05) is 37.8 Å². The third-order valence-corrected chi connectivity index (χ3v) is 5.70. The lowest BCUT2D eigenvalue weighted by atomic mass is 9.92. The Morgan fingerprint density at radius 1 is 1.11 bits per heavy atom. The first-order chi connectivity index (χ1) is 13.5. The minimum atomic E-state index is 0.221. The van der Waals surface area contributed by atoms with E-state index in [2.05, 4.69) is 10.00 Å². The van der Waals surface area contributed by atoms with Gasteiger partial charge in [0.2, 0.25) is 5.91 Å². The number of rotatable bonds is 6. The number of hydrogen-bond donors (Lipinski definition) is 1. The van der Waals surface area contributed by atoms with Crippen LogP contribution in [0.4, 0.5) is 0 Å². The van der Waals surface area contributed by atoms with Gasteiger partial charge in [0.15, 0.2) is 0 Å². The third-order valence-electron chi connectivity index (χ3n) is 5.70. The highest BCUT2D eigenvalue weighted by atomic mass is 16.2. The average molecular weight is 392 g/mol. The number of nitrogens with zero attached hydrogens (tertiary/aromatic N) is 4. The minimum Gasteiger partial charge on any atom is -0.343 e. The number of aromatic nitrogens is 2. The van der Waals surface area contributed by atoms with E-state index in [9.17, 15) is 9.59 Å². The summed E-state index contributed by atoms with van der Waals surface area (Å²) in [5, 5.41) is 4.41. The third kappa shape index (κ3) is 6.41. The number of amides is 1. The molecule has 7 heteroatoms. The van der Waals surface area contributed by atoms with Gasteiger partial charge in [-0.05, 0) is 51.6 Å². The van der Waals surface area contributed by atoms with Crippen molar-refractivity contribution in [3.05, 3.63) is 18.0 Å². The van der Waals surface area contributed by atoms with E-state index < -0.39 is 0 Å². The van der Waals surface area contributed by atoms with Gasteiger partial charge in [-0.25, -0.2) is 0 Å². The fourth-order valence-electron chi connectivity index (χ4n) is 4.10. The van der Waals surface area contributed by atoms with E-state index in [1.807, 2.05) is 35.8 Å². The summed E-state index contributed by atoms with van der Waals surface area (Å²) in [7, 11) is 0. The van der Waals surface area contributed by atoms with E-state index in [1.165, 1.54) is 0 Å². The summed E-state index contributed by atoms with van der Waals surface area (Å²) in [6.07, 6.45) is 8.45. The molecule has 1 aromatic heterocycles. The molecule has 0 unspecified atom stereocenters. The fourth-order valence-corrected chi connectivity index (χ4v) is 4.10. The maximum atomic E-state index is 12.6. The highest BCUT2D eigenvalue weighted by molar-refractivity contribution is 5.77. The molecule has 0 bridgehead atoms. The number of likely N-dealkylation sites (tertiary alicyclic amines) is 2. The zero-order valence-corrected chi connectivity index (χ0v) is 17.8. The number of ketones is 1. The van der Waals surface area contributed by atoms with E-state index in [1.54, 1.807) is 6.92 Å². The Hall–Kier alpha value is -1.73. The lowest BCUT2D eigenvalue weighted by Crippen LogP contribution is -2.42. The van der Waals surface area contributed by atoms with E-state index in [-0.39, 0.29) is 11.7 Å². The van der Waals surface area contributed by atoms with Crippen LogP contribution in [0.15, 0.2) is 12.4 Å². The van der Waals surface area contributed by atoms with Gasteiger partial charge in [-0.3, -0.25) is 19.2 Å². The van der Waals surface area contributed by atoms with Crippen molar-refractivity contribution >= 4 is 11.7 Å². The smallest absolute Gasteiger partial charge is 0.222 e. The van der Waals surface area contributed by atoms with Crippen LogP contribution in [-0.4, -0.2) is 64.0 Å². The second-order valence-electron chi connectivity index (χ2n) is 7.77. The van der Waals surface area contributed by atoms with Crippen molar-refractivity contribution in [2.45, 2.75) is 65.5 Å². The van der Waals surface area contributed by atoms with Crippen LogP contribution in [0.2, 0.25) is 0 Å². The molecule has 2 N–H and O–H groups in total. The number of piperidine rings is 2. The van der Waals surface area contributed by atoms with Crippen LogP contribution in [0.25, 0.3) is 0 Å². The lowest BCUT2D eigenvalue weighted by Gasteiger charge is -2.35. The monoisotopic (exact) mass is 391 g/mol. The molecule has 7 nitrogen and oxygen atoms in total. The number of nitrogens with two attached hydrogens (primary N) is 1. The zero-order valence-electron chi connectivity index (χ0n) is 17.8. The molecule has 2 saturated heterocycles. The summed E-state index contributed by atoms with van der Waals surface area (Å²) >= 11 is 0. The van der Waals surface area contributed by atoms with Gasteiger partial charge in [0.25, 0.3) is 0 Å². The van der Waals surface area contributed by atoms with Crippen molar-refractivity contribution in [3.8, 4) is 0 Å². The van der Waals surface area contributed by atoms with Crippen LogP contribution in [-0.2, 0) is 16.1 Å². The van der Waals surface area contributed by atoms with Gasteiger partial charge in [-0.15, -0.1) is 0 Å². The number of carbonyl (C=O) groups is 2. The van der Waals surface area contributed by atoms with E-state index >= 15 is 0 Å². The Kier molecular flexibility index (Phi) is 9.12. The van der Waals surface area contributed by atoms with Crippen LogP contribution in [0, 0.1) is 5.92 Å². The summed E-state index contributed by atoms with van der Waals surface area (Å²) in [6.45, 7) is 10.2. The van der Waals surface area contributed by atoms with Crippen molar-refractivity contribution in [2.24, 2.45) is 11.7 Å². The average Bonchev–Trinajstić information content (AvgIpc) is 3.20. The number of Topliss-reactive ketones (excluding diaryl/α,β-unsaturated/α-hetero) is 1. The molecule has 0 saturated carbocycles. The largest absolute Gasteiger partial charge is 0.343 e. The molecule has 0 aliphatic carbocycles. The topological polar surface area (TPSA) is 84.5 Å². The molecule has 158 valence electrons. The molecule has 3 heterocycles. The molecule has 0 atom stereocenters. The molecular weight excluding hydrogens is 354 g/mol. The lowest BCUT2D eigenvalue weighted by molar-refractivity contribution is -0.134. The molecule has 1 amide bonds. The van der Waals surface area contributed by atoms with Crippen LogP contribution in [0.5, 0.6) is 0 Å². The summed E-state index contributed by atoms with van der Waals surface area (Å²) < 4.78 is 2.01. The Morgan fingerprint density at radius 3 is 2.29 bits per heavy atom. The van der Waals surface area contributed by atoms with Gasteiger partial charge < -0.3 is 10.6 Å². The van der Waals surface area contributed by atoms with E-state index in [0.717, 1.165) is 57.4 Å². The first-order valence-electron chi connectivity index (χ1n) is 10.8. The minimum absolute atomic E-state index is 0.221. The molecule has 1 aromatic rings. The van der Waals surface area contributed by atoms with Crippen molar-refractivity contribution < 1.29 is 9.59 Å². The predicted octanol–water partition coefficient (Wildman–Crippen LogP) is 2.22. The molecule has 2 aliphatic rings. The van der Waals surface area contributed by atoms with Gasteiger partial charge in [-0.2, -0.15) is 5.10 Å². The quantitative estimate of drug-likeness (QED) is 0.804. The Bertz CT molecular complexity index is 614. The molecule has 0 spiro atoms. The second-order valence-corrected chi connectivity index (χ2v) is 7.77. The molecule has 0 aromatic carbocycles. The zero-order chi connectivity index (χ0) is 20.5. The van der Waals surface area contributed by atoms with Crippen molar-refractivity contribution in [1.82, 2.24) is 19.6 Å². The van der Waals surface area contributed by atoms with Crippen molar-refractivity contribution in [3.63, 3.8) is 0 Å². The van der Waals surface area contributed by atoms with Gasteiger partial charge in [0.05, 0.1) is 18.8 Å². The van der Waals surface area contributed by atoms with Crippen molar-refractivity contribution in [2.75, 3.05) is 32.7 Å². The molecule has 2 fully saturated rings. The highest BCUT2D eigenvalue weighted by Crippen LogP contribution is 2.25. The summed E-state index contributed by atoms with van der Waals surface area (Å²) in [5.74, 6) is 0.969. The van der Waals surface area contributed by atoms with Crippen molar-refractivity contribution in [1.29, 1.82) is 0 Å². The summed E-state index contributed by atoms with van der Waals surface area (Å²) in [4.78, 5) is 28.1. The van der Waals surface area contributed by atoms with Crippen LogP contribution < -0.4 is 5.73 Å². The maximum Gasteiger partial charge on any atom is 0.222 e. The molecule has 3 rings (SSSR count). The predicted molar refractivity (Wildman–Crippen MR) is 111 cm³/mol. The molecule has 2 aliphatic heterocycles. The standard InChI is InChI=1S/C19H31N5O2.C2H6/c1-15(25)13-22-6-2-16(3-7-22)10-19(26)23-8-4-18(5-9-23)24-14-17(11-20)12-21-24;1-2/h12,14,16,18H,2-11,13,20H2,1H3;1-2H3. The normalized spacial score (nSPS) is 19.2. The van der Waals surface area contributed by atoms with Crippen LogP contribution >= 0.6 is 0 Å². The first-order valence-corrected chi connectivity index (χ1v) is 10.8. The molecule has 0 radical (unpaired) electrons.